The van der Waals surface area contributed by atoms with Crippen LogP contribution in [0.3, 0.4) is 0 Å². The Labute approximate surface area is 102 Å². The predicted molar refractivity (Wildman–Crippen MR) is 66.8 cm³/mol. The summed E-state index contributed by atoms with van der Waals surface area (Å²) in [4.78, 5) is 0. The van der Waals surface area contributed by atoms with Gasteiger partial charge in [-0.05, 0) is 39.7 Å². The van der Waals surface area contributed by atoms with E-state index < -0.39 is 0 Å². The number of nitrogens with zero attached hydrogens (tertiary/aromatic N) is 1. The maximum absolute atomic E-state index is 13.5. The Kier molecular flexibility index (Phi) is 3.29. The summed E-state index contributed by atoms with van der Waals surface area (Å²) in [6.45, 7) is 0.611. The van der Waals surface area contributed by atoms with Gasteiger partial charge in [0.1, 0.15) is 5.82 Å². The molecule has 16 heavy (non-hydrogen) atoms. The lowest BCUT2D eigenvalue weighted by atomic mass is 10.3. The van der Waals surface area contributed by atoms with Gasteiger partial charge in [0.2, 0.25) is 0 Å². The van der Waals surface area contributed by atoms with E-state index in [0.717, 1.165) is 10.0 Å². The zero-order valence-electron chi connectivity index (χ0n) is 8.87. The predicted octanol–water partition coefficient (Wildman–Crippen LogP) is 3.54. The first-order valence-electron chi connectivity index (χ1n) is 4.95. The summed E-state index contributed by atoms with van der Waals surface area (Å²) in [6, 6.07) is 6.93. The van der Waals surface area contributed by atoms with Crippen LogP contribution in [0.4, 0.5) is 10.1 Å². The molecule has 1 heterocycles. The number of hydrogen-bond donors (Lipinski definition) is 1. The highest BCUT2D eigenvalue weighted by molar-refractivity contribution is 9.10. The van der Waals surface area contributed by atoms with E-state index in [1.54, 1.807) is 6.07 Å². The molecule has 4 heteroatoms. The summed E-state index contributed by atoms with van der Waals surface area (Å²) in [5.74, 6) is -0.245. The molecule has 0 atom stereocenters. The molecule has 1 aromatic heterocycles. The van der Waals surface area contributed by atoms with Crippen molar-refractivity contribution in [2.45, 2.75) is 6.54 Å². The smallest absolute Gasteiger partial charge is 0.147 e. The molecule has 0 saturated carbocycles. The molecule has 0 unspecified atom stereocenters. The molecule has 2 nitrogen and oxygen atoms in total. The number of benzene rings is 1. The second kappa shape index (κ2) is 4.70. The fraction of sp³-hybridized carbons (Fsp3) is 0.167. The van der Waals surface area contributed by atoms with Gasteiger partial charge in [0, 0.05) is 30.5 Å². The Bertz CT molecular complexity index is 473. The van der Waals surface area contributed by atoms with Gasteiger partial charge in [-0.2, -0.15) is 0 Å². The first-order chi connectivity index (χ1) is 7.66. The van der Waals surface area contributed by atoms with Crippen molar-refractivity contribution in [1.82, 2.24) is 4.57 Å². The van der Waals surface area contributed by atoms with Crippen LogP contribution in [0.1, 0.15) is 5.56 Å². The van der Waals surface area contributed by atoms with Crippen molar-refractivity contribution in [2.75, 3.05) is 5.32 Å². The SMILES string of the molecule is Cn1ccc(CNc2c(F)cccc2Br)c1. The van der Waals surface area contributed by atoms with Crippen molar-refractivity contribution in [2.24, 2.45) is 7.05 Å². The summed E-state index contributed by atoms with van der Waals surface area (Å²) in [7, 11) is 1.96. The fourth-order valence-corrected chi connectivity index (χ4v) is 2.00. The van der Waals surface area contributed by atoms with E-state index in [1.165, 1.54) is 6.07 Å². The lowest BCUT2D eigenvalue weighted by molar-refractivity contribution is 0.629. The van der Waals surface area contributed by atoms with Crippen LogP contribution < -0.4 is 5.32 Å². The van der Waals surface area contributed by atoms with Gasteiger partial charge in [0.15, 0.2) is 0 Å². The van der Waals surface area contributed by atoms with Gasteiger partial charge in [-0.25, -0.2) is 4.39 Å². The molecule has 0 fully saturated rings. The molecule has 2 rings (SSSR count). The molecular formula is C12H12BrFN2. The number of aromatic nitrogens is 1. The number of nitrogens with one attached hydrogen (secondary N) is 1. The molecule has 1 N–H and O–H groups in total. The average Bonchev–Trinajstić information content (AvgIpc) is 2.63. The topological polar surface area (TPSA) is 17.0 Å². The molecule has 84 valence electrons. The van der Waals surface area contributed by atoms with E-state index in [2.05, 4.69) is 21.2 Å². The van der Waals surface area contributed by atoms with Crippen LogP contribution in [0.5, 0.6) is 0 Å². The van der Waals surface area contributed by atoms with E-state index in [0.29, 0.717) is 12.2 Å². The van der Waals surface area contributed by atoms with Crippen molar-refractivity contribution < 1.29 is 4.39 Å². The number of para-hydroxylation sites is 1. The standard InChI is InChI=1S/C12H12BrFN2/c1-16-6-5-9(8-16)7-15-12-10(13)3-2-4-11(12)14/h2-6,8,15H,7H2,1H3. The monoisotopic (exact) mass is 282 g/mol. The Balaban J connectivity index is 2.10. The molecule has 0 bridgehead atoms. The molecule has 0 aliphatic carbocycles. The lowest BCUT2D eigenvalue weighted by Crippen LogP contribution is -2.01. The molecule has 1 aromatic carbocycles. The molecule has 0 spiro atoms. The van der Waals surface area contributed by atoms with Crippen LogP contribution in [-0.2, 0) is 13.6 Å². The maximum Gasteiger partial charge on any atom is 0.147 e. The fourth-order valence-electron chi connectivity index (χ4n) is 1.52. The van der Waals surface area contributed by atoms with Crippen molar-refractivity contribution in [3.8, 4) is 0 Å². The van der Waals surface area contributed by atoms with E-state index in [4.69, 9.17) is 0 Å². The quantitative estimate of drug-likeness (QED) is 0.911. The van der Waals surface area contributed by atoms with E-state index in [9.17, 15) is 4.39 Å². The summed E-state index contributed by atoms with van der Waals surface area (Å²) in [6.07, 6.45) is 3.97. The summed E-state index contributed by atoms with van der Waals surface area (Å²) < 4.78 is 16.2. The van der Waals surface area contributed by atoms with Crippen LogP contribution in [0.15, 0.2) is 41.1 Å². The zero-order chi connectivity index (χ0) is 11.5. The molecule has 0 amide bonds. The van der Waals surface area contributed by atoms with Crippen molar-refractivity contribution in [1.29, 1.82) is 0 Å². The van der Waals surface area contributed by atoms with Crippen LogP contribution in [-0.4, -0.2) is 4.57 Å². The summed E-state index contributed by atoms with van der Waals surface area (Å²) in [5.41, 5.74) is 1.63. The van der Waals surface area contributed by atoms with Crippen molar-refractivity contribution >= 4 is 21.6 Å². The largest absolute Gasteiger partial charge is 0.378 e. The number of aryl methyl sites for hydroxylation is 1. The van der Waals surface area contributed by atoms with E-state index in [-0.39, 0.29) is 5.82 Å². The van der Waals surface area contributed by atoms with Crippen LogP contribution in [0.2, 0.25) is 0 Å². The third-order valence-corrected chi connectivity index (χ3v) is 2.99. The third-order valence-electron chi connectivity index (χ3n) is 2.33. The molecule has 0 radical (unpaired) electrons. The minimum atomic E-state index is -0.245. The van der Waals surface area contributed by atoms with Gasteiger partial charge in [-0.15, -0.1) is 0 Å². The number of anilines is 1. The van der Waals surface area contributed by atoms with E-state index in [1.807, 2.05) is 36.1 Å². The molecule has 0 saturated heterocycles. The van der Waals surface area contributed by atoms with Crippen molar-refractivity contribution in [3.05, 3.63) is 52.5 Å². The highest BCUT2D eigenvalue weighted by Crippen LogP contribution is 2.25. The number of halogens is 2. The first-order valence-corrected chi connectivity index (χ1v) is 5.75. The van der Waals surface area contributed by atoms with Crippen LogP contribution in [0, 0.1) is 5.82 Å². The minimum Gasteiger partial charge on any atom is -0.378 e. The highest BCUT2D eigenvalue weighted by Gasteiger charge is 2.05. The van der Waals surface area contributed by atoms with Crippen LogP contribution >= 0.6 is 15.9 Å². The molecule has 0 aliphatic rings. The number of hydrogen-bond acceptors (Lipinski definition) is 1. The van der Waals surface area contributed by atoms with E-state index >= 15 is 0 Å². The summed E-state index contributed by atoms with van der Waals surface area (Å²) >= 11 is 3.32. The van der Waals surface area contributed by atoms with Gasteiger partial charge < -0.3 is 9.88 Å². The Morgan fingerprint density at radius 3 is 2.81 bits per heavy atom. The maximum atomic E-state index is 13.5. The van der Waals surface area contributed by atoms with Gasteiger partial charge in [-0.3, -0.25) is 0 Å². The minimum absolute atomic E-state index is 0.245. The Morgan fingerprint density at radius 1 is 1.38 bits per heavy atom. The highest BCUT2D eigenvalue weighted by atomic mass is 79.9. The van der Waals surface area contributed by atoms with Crippen molar-refractivity contribution in [3.63, 3.8) is 0 Å². The Hall–Kier alpha value is -1.29. The molecule has 2 aromatic rings. The second-order valence-electron chi connectivity index (χ2n) is 3.64. The van der Waals surface area contributed by atoms with Gasteiger partial charge >= 0.3 is 0 Å². The third kappa shape index (κ3) is 2.44. The lowest BCUT2D eigenvalue weighted by Gasteiger charge is -2.08. The normalized spacial score (nSPS) is 10.4. The van der Waals surface area contributed by atoms with Gasteiger partial charge in [0.25, 0.3) is 0 Å². The van der Waals surface area contributed by atoms with Gasteiger partial charge in [0.05, 0.1) is 5.69 Å². The first kappa shape index (κ1) is 11.2. The zero-order valence-corrected chi connectivity index (χ0v) is 10.5. The average molecular weight is 283 g/mol. The van der Waals surface area contributed by atoms with Gasteiger partial charge in [-0.1, -0.05) is 6.07 Å². The Morgan fingerprint density at radius 2 is 2.19 bits per heavy atom. The molecular weight excluding hydrogens is 271 g/mol. The second-order valence-corrected chi connectivity index (χ2v) is 4.49. The van der Waals surface area contributed by atoms with Crippen LogP contribution in [0.25, 0.3) is 0 Å². The summed E-state index contributed by atoms with van der Waals surface area (Å²) in [5, 5.41) is 3.08. The number of rotatable bonds is 3. The molecule has 0 aliphatic heterocycles.